The highest BCUT2D eigenvalue weighted by molar-refractivity contribution is 5.94. The van der Waals surface area contributed by atoms with E-state index in [2.05, 4.69) is 55.6 Å². The van der Waals surface area contributed by atoms with E-state index in [0.29, 0.717) is 37.8 Å². The maximum absolute atomic E-state index is 12.6. The molecule has 3 amide bonds. The van der Waals surface area contributed by atoms with Gasteiger partial charge >= 0.3 is 6.03 Å². The molecule has 0 bridgehead atoms. The molecule has 0 saturated carbocycles. The molecule has 3 rings (SSSR count). The number of piperidine rings is 1. The van der Waals surface area contributed by atoms with Gasteiger partial charge in [-0.3, -0.25) is 4.79 Å². The number of carbonyl (C=O) groups excluding carboxylic acids is 2. The van der Waals surface area contributed by atoms with Crippen molar-refractivity contribution in [1.82, 2.24) is 4.90 Å². The average molecular weight is 451 g/mol. The molecule has 0 atom stereocenters. The fourth-order valence-corrected chi connectivity index (χ4v) is 3.84. The molecule has 0 unspecified atom stereocenters. The van der Waals surface area contributed by atoms with Crippen molar-refractivity contribution in [2.45, 2.75) is 52.4 Å². The van der Waals surface area contributed by atoms with E-state index in [1.165, 1.54) is 0 Å². The molecule has 1 aliphatic rings. The summed E-state index contributed by atoms with van der Waals surface area (Å²) in [6, 6.07) is 15.4. The number of benzene rings is 2. The van der Waals surface area contributed by atoms with Crippen molar-refractivity contribution in [2.24, 2.45) is 5.16 Å². The van der Waals surface area contributed by atoms with Gasteiger partial charge in [0.1, 0.15) is 0 Å². The Balaban J connectivity index is 1.49. The Morgan fingerprint density at radius 1 is 0.909 bits per heavy atom. The van der Waals surface area contributed by atoms with Crippen LogP contribution in [0.1, 0.15) is 63.5 Å². The Morgan fingerprint density at radius 3 is 2.09 bits per heavy atom. The number of urea groups is 1. The standard InChI is InChI=1S/C26H34N4O3/c1-18(2)22-11-8-12-23(19(3)4)25(22)28-24(31)17-33-29-21-13-15-30(16-14-21)26(32)27-20-9-6-5-7-10-20/h5-12,18-19H,13-17H2,1-4H3,(H,27,32)(H,28,31). The lowest BCUT2D eigenvalue weighted by Crippen LogP contribution is -2.41. The molecule has 1 heterocycles. The van der Waals surface area contributed by atoms with E-state index in [1.54, 1.807) is 4.90 Å². The lowest BCUT2D eigenvalue weighted by atomic mass is 9.92. The second-order valence-electron chi connectivity index (χ2n) is 8.88. The quantitative estimate of drug-likeness (QED) is 0.541. The summed E-state index contributed by atoms with van der Waals surface area (Å²) in [4.78, 5) is 32.1. The van der Waals surface area contributed by atoms with Gasteiger partial charge in [-0.15, -0.1) is 0 Å². The number of hydrogen-bond donors (Lipinski definition) is 2. The first-order valence-electron chi connectivity index (χ1n) is 11.6. The first-order valence-corrected chi connectivity index (χ1v) is 11.6. The number of likely N-dealkylation sites (tertiary alicyclic amines) is 1. The van der Waals surface area contributed by atoms with Crippen LogP contribution in [-0.4, -0.2) is 42.2 Å². The third-order valence-electron chi connectivity index (χ3n) is 5.68. The summed E-state index contributed by atoms with van der Waals surface area (Å²) >= 11 is 0. The molecular weight excluding hydrogens is 416 g/mol. The van der Waals surface area contributed by atoms with Gasteiger partial charge in [-0.05, 0) is 35.1 Å². The number of para-hydroxylation sites is 2. The van der Waals surface area contributed by atoms with Crippen LogP contribution in [0.25, 0.3) is 0 Å². The van der Waals surface area contributed by atoms with Gasteiger partial charge in [0.25, 0.3) is 5.91 Å². The fourth-order valence-electron chi connectivity index (χ4n) is 3.84. The lowest BCUT2D eigenvalue weighted by molar-refractivity contribution is -0.120. The molecule has 33 heavy (non-hydrogen) atoms. The largest absolute Gasteiger partial charge is 0.386 e. The van der Waals surface area contributed by atoms with E-state index >= 15 is 0 Å². The van der Waals surface area contributed by atoms with Gasteiger partial charge in [0.2, 0.25) is 0 Å². The summed E-state index contributed by atoms with van der Waals surface area (Å²) in [5.74, 6) is 0.364. The minimum atomic E-state index is -0.228. The van der Waals surface area contributed by atoms with Crippen molar-refractivity contribution < 1.29 is 14.4 Å². The molecule has 0 spiro atoms. The Morgan fingerprint density at radius 2 is 1.52 bits per heavy atom. The highest BCUT2D eigenvalue weighted by atomic mass is 16.6. The van der Waals surface area contributed by atoms with Gasteiger partial charge in [-0.1, -0.05) is 69.2 Å². The van der Waals surface area contributed by atoms with Crippen LogP contribution in [0.4, 0.5) is 16.2 Å². The lowest BCUT2D eigenvalue weighted by Gasteiger charge is -2.27. The van der Waals surface area contributed by atoms with Gasteiger partial charge in [0, 0.05) is 37.3 Å². The Hall–Kier alpha value is -3.35. The zero-order valence-corrected chi connectivity index (χ0v) is 19.9. The predicted molar refractivity (Wildman–Crippen MR) is 133 cm³/mol. The zero-order chi connectivity index (χ0) is 23.8. The first kappa shape index (κ1) is 24.3. The van der Waals surface area contributed by atoms with Crippen molar-refractivity contribution in [1.29, 1.82) is 0 Å². The number of hydrogen-bond acceptors (Lipinski definition) is 4. The number of anilines is 2. The van der Waals surface area contributed by atoms with Crippen LogP contribution >= 0.6 is 0 Å². The normalized spacial score (nSPS) is 13.8. The number of nitrogens with zero attached hydrogens (tertiary/aromatic N) is 2. The van der Waals surface area contributed by atoms with Crippen LogP contribution in [-0.2, 0) is 9.63 Å². The van der Waals surface area contributed by atoms with Crippen molar-refractivity contribution in [3.8, 4) is 0 Å². The monoisotopic (exact) mass is 450 g/mol. The van der Waals surface area contributed by atoms with Gasteiger partial charge < -0.3 is 20.4 Å². The maximum atomic E-state index is 12.6. The number of rotatable bonds is 7. The summed E-state index contributed by atoms with van der Waals surface area (Å²) in [6.07, 6.45) is 1.25. The fraction of sp³-hybridized carbons (Fsp3) is 0.423. The van der Waals surface area contributed by atoms with Gasteiger partial charge in [-0.2, -0.15) is 0 Å². The molecule has 2 aromatic carbocycles. The van der Waals surface area contributed by atoms with Crippen LogP contribution in [0, 0.1) is 0 Å². The van der Waals surface area contributed by atoms with Gasteiger partial charge in [0.05, 0.1) is 5.71 Å². The van der Waals surface area contributed by atoms with E-state index in [4.69, 9.17) is 4.84 Å². The third-order valence-corrected chi connectivity index (χ3v) is 5.68. The molecule has 2 aromatic rings. The average Bonchev–Trinajstić information content (AvgIpc) is 2.80. The van der Waals surface area contributed by atoms with Crippen molar-refractivity contribution in [3.05, 3.63) is 59.7 Å². The molecule has 7 nitrogen and oxygen atoms in total. The number of nitrogens with one attached hydrogen (secondary N) is 2. The maximum Gasteiger partial charge on any atom is 0.321 e. The predicted octanol–water partition coefficient (Wildman–Crippen LogP) is 5.57. The molecular formula is C26H34N4O3. The molecule has 176 valence electrons. The topological polar surface area (TPSA) is 83.0 Å². The molecule has 0 aromatic heterocycles. The zero-order valence-electron chi connectivity index (χ0n) is 19.9. The molecule has 7 heteroatoms. The van der Waals surface area contributed by atoms with Crippen molar-refractivity contribution in [2.75, 3.05) is 30.3 Å². The third kappa shape index (κ3) is 6.81. The number of amides is 3. The summed E-state index contributed by atoms with van der Waals surface area (Å²) in [7, 11) is 0. The highest BCUT2D eigenvalue weighted by Gasteiger charge is 2.21. The first-order chi connectivity index (χ1) is 15.8. The minimum Gasteiger partial charge on any atom is -0.386 e. The molecule has 1 aliphatic heterocycles. The summed E-state index contributed by atoms with van der Waals surface area (Å²) < 4.78 is 0. The SMILES string of the molecule is CC(C)c1cccc(C(C)C)c1NC(=O)CON=C1CCN(C(=O)Nc2ccccc2)CC1. The summed E-state index contributed by atoms with van der Waals surface area (Å²) in [5.41, 5.74) is 4.73. The minimum absolute atomic E-state index is 0.120. The van der Waals surface area contributed by atoms with Gasteiger partial charge in [-0.25, -0.2) is 4.79 Å². The van der Waals surface area contributed by atoms with Crippen molar-refractivity contribution >= 4 is 29.0 Å². The molecule has 1 saturated heterocycles. The van der Waals surface area contributed by atoms with E-state index < -0.39 is 0 Å². The van der Waals surface area contributed by atoms with Crippen LogP contribution in [0.15, 0.2) is 53.7 Å². The van der Waals surface area contributed by atoms with Crippen LogP contribution < -0.4 is 10.6 Å². The second kappa shape index (κ2) is 11.5. The van der Waals surface area contributed by atoms with E-state index in [-0.39, 0.29) is 18.5 Å². The summed E-state index contributed by atoms with van der Waals surface area (Å²) in [5, 5.41) is 10.1. The molecule has 2 N–H and O–H groups in total. The number of carbonyl (C=O) groups is 2. The smallest absolute Gasteiger partial charge is 0.321 e. The Kier molecular flexibility index (Phi) is 8.46. The van der Waals surface area contributed by atoms with Crippen LogP contribution in [0.5, 0.6) is 0 Å². The van der Waals surface area contributed by atoms with Crippen molar-refractivity contribution in [3.63, 3.8) is 0 Å². The molecule has 1 fully saturated rings. The Bertz CT molecular complexity index is 950. The summed E-state index contributed by atoms with van der Waals surface area (Å²) in [6.45, 7) is 9.44. The van der Waals surface area contributed by atoms with E-state index in [0.717, 1.165) is 28.2 Å². The van der Waals surface area contributed by atoms with Gasteiger partial charge in [0.15, 0.2) is 6.61 Å². The van der Waals surface area contributed by atoms with E-state index in [1.807, 2.05) is 36.4 Å². The highest BCUT2D eigenvalue weighted by Crippen LogP contribution is 2.32. The van der Waals surface area contributed by atoms with Crippen LogP contribution in [0.3, 0.4) is 0 Å². The molecule has 0 aliphatic carbocycles. The number of oxime groups is 1. The molecule has 0 radical (unpaired) electrons. The Labute approximate surface area is 196 Å². The second-order valence-corrected chi connectivity index (χ2v) is 8.88. The van der Waals surface area contributed by atoms with Crippen LogP contribution in [0.2, 0.25) is 0 Å². The van der Waals surface area contributed by atoms with E-state index in [9.17, 15) is 9.59 Å².